The van der Waals surface area contributed by atoms with E-state index in [-0.39, 0.29) is 17.9 Å². The van der Waals surface area contributed by atoms with E-state index in [4.69, 9.17) is 5.11 Å². The highest BCUT2D eigenvalue weighted by molar-refractivity contribution is 5.89. The first-order chi connectivity index (χ1) is 10.0. The highest BCUT2D eigenvalue weighted by Gasteiger charge is 2.51. The lowest BCUT2D eigenvalue weighted by Gasteiger charge is -2.27. The molecule has 1 N–H and O–H groups in total. The number of nitrogens with zero attached hydrogens (tertiary/aromatic N) is 1. The molecule has 2 fully saturated rings. The number of amides is 1. The van der Waals surface area contributed by atoms with Crippen LogP contribution in [0.15, 0.2) is 18.2 Å². The van der Waals surface area contributed by atoms with E-state index in [2.05, 4.69) is 26.0 Å². The monoisotopic (exact) mass is 287 g/mol. The van der Waals surface area contributed by atoms with Crippen molar-refractivity contribution in [3.05, 3.63) is 34.9 Å². The lowest BCUT2D eigenvalue weighted by atomic mass is 9.96. The van der Waals surface area contributed by atoms with Gasteiger partial charge in [0.2, 0.25) is 5.91 Å². The van der Waals surface area contributed by atoms with Gasteiger partial charge in [0.25, 0.3) is 0 Å². The van der Waals surface area contributed by atoms with Crippen LogP contribution in [-0.4, -0.2) is 28.4 Å². The number of hydrogen-bond acceptors (Lipinski definition) is 2. The quantitative estimate of drug-likeness (QED) is 0.930. The Morgan fingerprint density at radius 3 is 2.67 bits per heavy atom. The first kappa shape index (κ1) is 14.1. The Balaban J connectivity index is 1.82. The zero-order valence-corrected chi connectivity index (χ0v) is 12.5. The molecule has 0 bridgehead atoms. The molecule has 3 unspecified atom stereocenters. The van der Waals surface area contributed by atoms with Crippen LogP contribution in [0.5, 0.6) is 0 Å². The summed E-state index contributed by atoms with van der Waals surface area (Å²) in [6.07, 6.45) is 2.47. The highest BCUT2D eigenvalue weighted by Crippen LogP contribution is 2.44. The van der Waals surface area contributed by atoms with E-state index in [1.807, 2.05) is 11.0 Å². The Bertz CT molecular complexity index is 596. The minimum atomic E-state index is -0.837. The summed E-state index contributed by atoms with van der Waals surface area (Å²) in [7, 11) is 0. The van der Waals surface area contributed by atoms with E-state index >= 15 is 0 Å². The molecule has 4 nitrogen and oxygen atoms in total. The fourth-order valence-electron chi connectivity index (χ4n) is 3.44. The molecular weight excluding hydrogens is 266 g/mol. The molecule has 1 saturated carbocycles. The molecule has 1 aliphatic heterocycles. The van der Waals surface area contributed by atoms with Crippen molar-refractivity contribution in [3.63, 3.8) is 0 Å². The third-order valence-electron chi connectivity index (χ3n) is 4.97. The Kier molecular flexibility index (Phi) is 3.47. The molecule has 1 saturated heterocycles. The third-order valence-corrected chi connectivity index (χ3v) is 4.97. The number of carbonyl (C=O) groups is 2. The van der Waals surface area contributed by atoms with Gasteiger partial charge in [0.05, 0.1) is 17.9 Å². The number of aliphatic carboxylic acids is 1. The normalized spacial score (nSPS) is 27.7. The molecule has 21 heavy (non-hydrogen) atoms. The fourth-order valence-corrected chi connectivity index (χ4v) is 3.44. The van der Waals surface area contributed by atoms with Crippen LogP contribution in [0.2, 0.25) is 0 Å². The van der Waals surface area contributed by atoms with Gasteiger partial charge >= 0.3 is 5.97 Å². The van der Waals surface area contributed by atoms with Crippen LogP contribution in [0.1, 0.15) is 42.0 Å². The molecule has 2 aliphatic rings. The van der Waals surface area contributed by atoms with Gasteiger partial charge in [0, 0.05) is 6.54 Å². The van der Waals surface area contributed by atoms with Crippen LogP contribution in [0.4, 0.5) is 0 Å². The maximum absolute atomic E-state index is 12.6. The molecule has 1 aliphatic carbocycles. The molecule has 1 aromatic carbocycles. The summed E-state index contributed by atoms with van der Waals surface area (Å²) in [5.41, 5.74) is 3.70. The first-order valence-corrected chi connectivity index (χ1v) is 7.60. The van der Waals surface area contributed by atoms with Crippen LogP contribution in [0.25, 0.3) is 0 Å². The summed E-state index contributed by atoms with van der Waals surface area (Å²) in [5.74, 6) is -1.56. The van der Waals surface area contributed by atoms with Crippen molar-refractivity contribution in [1.29, 1.82) is 0 Å². The number of likely N-dealkylation sites (tertiary alicyclic amines) is 1. The third kappa shape index (κ3) is 2.43. The smallest absolute Gasteiger partial charge is 0.307 e. The lowest BCUT2D eigenvalue weighted by molar-refractivity contribution is -0.142. The second kappa shape index (κ2) is 5.17. The van der Waals surface area contributed by atoms with Gasteiger partial charge in [0.1, 0.15) is 0 Å². The molecule has 112 valence electrons. The molecular formula is C17H21NO3. The minimum Gasteiger partial charge on any atom is -0.481 e. The van der Waals surface area contributed by atoms with Crippen molar-refractivity contribution in [2.24, 2.45) is 11.8 Å². The number of carbonyl (C=O) groups excluding carboxylic acids is 1. The molecule has 3 atom stereocenters. The van der Waals surface area contributed by atoms with Gasteiger partial charge in [-0.2, -0.15) is 0 Å². The predicted octanol–water partition coefficient (Wildman–Crippen LogP) is 2.69. The summed E-state index contributed by atoms with van der Waals surface area (Å²) in [6.45, 7) is 4.93. The number of carboxylic acid groups (broad SMARTS) is 1. The number of rotatable bonds is 3. The van der Waals surface area contributed by atoms with Crippen molar-refractivity contribution in [2.75, 3.05) is 6.54 Å². The molecule has 3 rings (SSSR count). The number of aryl methyl sites for hydroxylation is 1. The van der Waals surface area contributed by atoms with Gasteiger partial charge in [-0.25, -0.2) is 0 Å². The molecule has 1 heterocycles. The second-order valence-corrected chi connectivity index (χ2v) is 6.27. The zero-order valence-electron chi connectivity index (χ0n) is 12.5. The van der Waals surface area contributed by atoms with Crippen molar-refractivity contribution in [3.8, 4) is 0 Å². The predicted molar refractivity (Wildman–Crippen MR) is 78.8 cm³/mol. The summed E-state index contributed by atoms with van der Waals surface area (Å²) < 4.78 is 0. The molecule has 0 aromatic heterocycles. The van der Waals surface area contributed by atoms with Crippen molar-refractivity contribution < 1.29 is 14.7 Å². The standard InChI is InChI=1S/C17H21NO3/c1-10-5-3-6-12(11(10)2)15-7-4-8-18(15)16(19)13-9-14(13)17(20)21/h3,5-6,13-15H,4,7-9H2,1-2H3,(H,20,21). The van der Waals surface area contributed by atoms with Gasteiger partial charge in [-0.15, -0.1) is 0 Å². The summed E-state index contributed by atoms with van der Waals surface area (Å²) in [6, 6.07) is 6.34. The summed E-state index contributed by atoms with van der Waals surface area (Å²) in [4.78, 5) is 25.4. The summed E-state index contributed by atoms with van der Waals surface area (Å²) >= 11 is 0. The van der Waals surface area contributed by atoms with Crippen LogP contribution >= 0.6 is 0 Å². The maximum Gasteiger partial charge on any atom is 0.307 e. The van der Waals surface area contributed by atoms with E-state index < -0.39 is 11.9 Å². The van der Waals surface area contributed by atoms with Gasteiger partial charge in [-0.3, -0.25) is 9.59 Å². The van der Waals surface area contributed by atoms with Crippen molar-refractivity contribution in [2.45, 2.75) is 39.2 Å². The van der Waals surface area contributed by atoms with Gasteiger partial charge in [-0.05, 0) is 49.8 Å². The molecule has 1 aromatic rings. The van der Waals surface area contributed by atoms with E-state index in [0.717, 1.165) is 19.4 Å². The largest absolute Gasteiger partial charge is 0.481 e. The van der Waals surface area contributed by atoms with E-state index in [1.54, 1.807) is 0 Å². The van der Waals surface area contributed by atoms with E-state index in [0.29, 0.717) is 6.42 Å². The highest BCUT2D eigenvalue weighted by atomic mass is 16.4. The maximum atomic E-state index is 12.6. The average Bonchev–Trinajstić information content (AvgIpc) is 3.12. The summed E-state index contributed by atoms with van der Waals surface area (Å²) in [5, 5.41) is 9.01. The van der Waals surface area contributed by atoms with Gasteiger partial charge in [-0.1, -0.05) is 18.2 Å². The Labute approximate surface area is 124 Å². The lowest BCUT2D eigenvalue weighted by Crippen LogP contribution is -2.33. The van der Waals surface area contributed by atoms with Crippen LogP contribution in [-0.2, 0) is 9.59 Å². The van der Waals surface area contributed by atoms with Crippen LogP contribution in [0.3, 0.4) is 0 Å². The van der Waals surface area contributed by atoms with Crippen LogP contribution < -0.4 is 0 Å². The average molecular weight is 287 g/mol. The number of hydrogen-bond donors (Lipinski definition) is 1. The Morgan fingerprint density at radius 2 is 2.00 bits per heavy atom. The Hall–Kier alpha value is -1.84. The molecule has 1 amide bonds. The molecule has 0 radical (unpaired) electrons. The molecule has 0 spiro atoms. The van der Waals surface area contributed by atoms with Gasteiger partial charge in [0.15, 0.2) is 0 Å². The first-order valence-electron chi connectivity index (χ1n) is 7.60. The number of benzene rings is 1. The molecule has 4 heteroatoms. The van der Waals surface area contributed by atoms with Crippen molar-refractivity contribution in [1.82, 2.24) is 4.90 Å². The number of carboxylic acids is 1. The SMILES string of the molecule is Cc1cccc(C2CCCN2C(=O)C2CC2C(=O)O)c1C. The van der Waals surface area contributed by atoms with E-state index in [9.17, 15) is 9.59 Å². The van der Waals surface area contributed by atoms with Crippen LogP contribution in [0, 0.1) is 25.7 Å². The minimum absolute atomic E-state index is 0.0332. The van der Waals surface area contributed by atoms with Gasteiger partial charge < -0.3 is 10.0 Å². The van der Waals surface area contributed by atoms with E-state index in [1.165, 1.54) is 16.7 Å². The van der Waals surface area contributed by atoms with Crippen molar-refractivity contribution >= 4 is 11.9 Å². The fraction of sp³-hybridized carbons (Fsp3) is 0.529. The second-order valence-electron chi connectivity index (χ2n) is 6.27. The Morgan fingerprint density at radius 1 is 1.24 bits per heavy atom. The topological polar surface area (TPSA) is 57.6 Å². The zero-order chi connectivity index (χ0) is 15.1.